The molecule has 1 fully saturated rings. The Hall–Kier alpha value is -4.16. The van der Waals surface area contributed by atoms with Crippen LogP contribution in [0.1, 0.15) is 78.9 Å². The third-order valence-corrected chi connectivity index (χ3v) is 9.19. The molecule has 2 N–H and O–H groups in total. The summed E-state index contributed by atoms with van der Waals surface area (Å²) in [7, 11) is 3.10. The van der Waals surface area contributed by atoms with Gasteiger partial charge in [-0.15, -0.1) is 0 Å². The van der Waals surface area contributed by atoms with Crippen LogP contribution in [0, 0.1) is 5.92 Å². The minimum absolute atomic E-state index is 0.0993. The second-order valence-corrected chi connectivity index (χ2v) is 16.3. The van der Waals surface area contributed by atoms with Crippen LogP contribution < -0.4 is 10.6 Å². The SMILES string of the molecule is COC[C@H](NC(=O)[C@H](C)NC(=O)OC(C)(C)C)C(=O)N(C)[C@@]1(Cc2ccc(Cl)cc2)CCCN(C(=O)[C@@H](CC(=O)OC(C)(C)C)Cc2ccccc2)C1. The lowest BCUT2D eigenvalue weighted by Gasteiger charge is -2.49. The molecule has 53 heavy (non-hydrogen) atoms. The Morgan fingerprint density at radius 2 is 1.53 bits per heavy atom. The Kier molecular flexibility index (Phi) is 15.3. The van der Waals surface area contributed by atoms with Crippen LogP contribution in [0.3, 0.4) is 0 Å². The van der Waals surface area contributed by atoms with Gasteiger partial charge in [-0.2, -0.15) is 0 Å². The van der Waals surface area contributed by atoms with E-state index >= 15 is 0 Å². The molecule has 0 saturated carbocycles. The number of nitrogens with one attached hydrogen (secondary N) is 2. The maximum atomic E-state index is 14.5. The van der Waals surface area contributed by atoms with E-state index < -0.39 is 58.6 Å². The van der Waals surface area contributed by atoms with Crippen LogP contribution in [-0.4, -0.2) is 102 Å². The Morgan fingerprint density at radius 3 is 2.11 bits per heavy atom. The molecule has 1 heterocycles. The highest BCUT2D eigenvalue weighted by Gasteiger charge is 2.45. The van der Waals surface area contributed by atoms with E-state index in [1.807, 2.05) is 42.5 Å². The Morgan fingerprint density at radius 1 is 0.906 bits per heavy atom. The zero-order chi connectivity index (χ0) is 39.6. The van der Waals surface area contributed by atoms with E-state index in [1.54, 1.807) is 70.5 Å². The number of likely N-dealkylation sites (tertiary alicyclic amines) is 1. The van der Waals surface area contributed by atoms with Crippen molar-refractivity contribution in [1.82, 2.24) is 20.4 Å². The predicted octanol–water partition coefficient (Wildman–Crippen LogP) is 5.34. The number of benzene rings is 2. The van der Waals surface area contributed by atoms with Gasteiger partial charge in [-0.1, -0.05) is 54.1 Å². The number of carbonyl (C=O) groups is 5. The quantitative estimate of drug-likeness (QED) is 0.246. The number of hydrogen-bond acceptors (Lipinski definition) is 8. The number of carbonyl (C=O) groups excluding carboxylic acids is 5. The number of nitrogens with zero attached hydrogens (tertiary/aromatic N) is 2. The molecule has 0 unspecified atom stereocenters. The highest BCUT2D eigenvalue weighted by molar-refractivity contribution is 6.30. The maximum Gasteiger partial charge on any atom is 0.408 e. The first-order chi connectivity index (χ1) is 24.7. The van der Waals surface area contributed by atoms with Crippen molar-refractivity contribution in [2.75, 3.05) is 33.9 Å². The highest BCUT2D eigenvalue weighted by Crippen LogP contribution is 2.33. The summed E-state index contributed by atoms with van der Waals surface area (Å²) >= 11 is 6.22. The minimum atomic E-state index is -1.11. The smallest absolute Gasteiger partial charge is 0.408 e. The number of piperidine rings is 1. The molecule has 0 spiro atoms. The van der Waals surface area contributed by atoms with Crippen molar-refractivity contribution in [2.45, 2.75) is 109 Å². The summed E-state index contributed by atoms with van der Waals surface area (Å²) in [6.07, 6.45) is 0.999. The number of likely N-dealkylation sites (N-methyl/N-ethyl adjacent to an activating group) is 1. The summed E-state index contributed by atoms with van der Waals surface area (Å²) in [5, 5.41) is 5.81. The summed E-state index contributed by atoms with van der Waals surface area (Å²) in [6, 6.07) is 14.8. The minimum Gasteiger partial charge on any atom is -0.460 e. The van der Waals surface area contributed by atoms with Crippen LogP contribution in [0.5, 0.6) is 0 Å². The number of amides is 4. The molecule has 0 radical (unpaired) electrons. The van der Waals surface area contributed by atoms with Gasteiger partial charge < -0.3 is 34.6 Å². The van der Waals surface area contributed by atoms with Crippen LogP contribution in [0.4, 0.5) is 4.79 Å². The number of hydrogen-bond donors (Lipinski definition) is 2. The number of halogens is 1. The van der Waals surface area contributed by atoms with Crippen molar-refractivity contribution in [1.29, 1.82) is 0 Å². The lowest BCUT2D eigenvalue weighted by Crippen LogP contribution is -2.65. The average molecular weight is 757 g/mol. The molecule has 12 nitrogen and oxygen atoms in total. The second-order valence-electron chi connectivity index (χ2n) is 15.8. The molecule has 292 valence electrons. The molecule has 2 aromatic carbocycles. The van der Waals surface area contributed by atoms with Crippen molar-refractivity contribution < 1.29 is 38.2 Å². The molecule has 3 rings (SSSR count). The lowest BCUT2D eigenvalue weighted by atomic mass is 9.80. The van der Waals surface area contributed by atoms with Crippen molar-refractivity contribution in [3.05, 3.63) is 70.7 Å². The van der Waals surface area contributed by atoms with Crippen LogP contribution >= 0.6 is 11.6 Å². The summed E-state index contributed by atoms with van der Waals surface area (Å²) in [5.74, 6) is -2.39. The number of ether oxygens (including phenoxy) is 3. The van der Waals surface area contributed by atoms with Crippen molar-refractivity contribution in [3.63, 3.8) is 0 Å². The van der Waals surface area contributed by atoms with E-state index in [0.29, 0.717) is 37.3 Å². The van der Waals surface area contributed by atoms with E-state index in [2.05, 4.69) is 10.6 Å². The second kappa shape index (κ2) is 18.7. The van der Waals surface area contributed by atoms with E-state index in [-0.39, 0.29) is 25.5 Å². The third kappa shape index (κ3) is 13.6. The first kappa shape index (κ1) is 43.2. The van der Waals surface area contributed by atoms with Crippen LogP contribution in [0.15, 0.2) is 54.6 Å². The predicted molar refractivity (Wildman–Crippen MR) is 203 cm³/mol. The molecule has 13 heteroatoms. The fraction of sp³-hybridized carbons (Fsp3) is 0.575. The zero-order valence-electron chi connectivity index (χ0n) is 32.6. The Labute approximate surface area is 319 Å². The molecule has 2 aromatic rings. The molecule has 1 saturated heterocycles. The van der Waals surface area contributed by atoms with Crippen LogP contribution in [-0.2, 0) is 46.2 Å². The summed E-state index contributed by atoms with van der Waals surface area (Å²) in [5.41, 5.74) is -0.557. The van der Waals surface area contributed by atoms with E-state index in [0.717, 1.165) is 11.1 Å². The molecule has 0 aromatic heterocycles. The van der Waals surface area contributed by atoms with Gasteiger partial charge in [0.1, 0.15) is 23.3 Å². The largest absolute Gasteiger partial charge is 0.460 e. The normalized spacial score (nSPS) is 17.9. The number of rotatable bonds is 14. The molecule has 4 atom stereocenters. The zero-order valence-corrected chi connectivity index (χ0v) is 33.4. The number of methoxy groups -OCH3 is 1. The standard InChI is InChI=1S/C40H57ClN4O8/c1-27(42-37(50)53-39(5,6)7)34(47)43-32(25-51-9)36(49)44(8)40(24-29-16-18-31(41)19-17-29)20-13-21-45(26-40)35(48)30(22-28-14-11-10-12-15-28)23-33(46)52-38(2,3)4/h10-12,14-19,27,30,32H,13,20-26H2,1-9H3,(H,42,50)(H,43,47)/t27-,30+,32-,40+/m0/s1. The van der Waals surface area contributed by atoms with Gasteiger partial charge >= 0.3 is 12.1 Å². The van der Waals surface area contributed by atoms with Gasteiger partial charge in [-0.05, 0) is 97.4 Å². The number of esters is 1. The van der Waals surface area contributed by atoms with Gasteiger partial charge in [-0.25, -0.2) is 4.79 Å². The van der Waals surface area contributed by atoms with Crippen molar-refractivity contribution in [2.24, 2.45) is 5.92 Å². The van der Waals surface area contributed by atoms with Gasteiger partial charge in [-0.3, -0.25) is 19.2 Å². The van der Waals surface area contributed by atoms with Gasteiger partial charge in [0.2, 0.25) is 17.7 Å². The van der Waals surface area contributed by atoms with Gasteiger partial charge in [0.15, 0.2) is 0 Å². The van der Waals surface area contributed by atoms with Crippen molar-refractivity contribution in [3.8, 4) is 0 Å². The fourth-order valence-electron chi connectivity index (χ4n) is 6.46. The van der Waals surface area contributed by atoms with Crippen LogP contribution in [0.25, 0.3) is 0 Å². The molecule has 0 aliphatic carbocycles. The number of alkyl carbamates (subject to hydrolysis) is 1. The van der Waals surface area contributed by atoms with Crippen LogP contribution in [0.2, 0.25) is 5.02 Å². The lowest BCUT2D eigenvalue weighted by molar-refractivity contribution is -0.159. The fourth-order valence-corrected chi connectivity index (χ4v) is 6.59. The molecule has 1 aliphatic rings. The van der Waals surface area contributed by atoms with E-state index in [4.69, 9.17) is 25.8 Å². The van der Waals surface area contributed by atoms with Gasteiger partial charge in [0.25, 0.3) is 0 Å². The first-order valence-electron chi connectivity index (χ1n) is 18.1. The Bertz CT molecular complexity index is 1560. The highest BCUT2D eigenvalue weighted by atomic mass is 35.5. The molecule has 4 amide bonds. The average Bonchev–Trinajstić information content (AvgIpc) is 3.06. The van der Waals surface area contributed by atoms with E-state index in [9.17, 15) is 24.0 Å². The monoisotopic (exact) mass is 756 g/mol. The van der Waals surface area contributed by atoms with E-state index in [1.165, 1.54) is 14.0 Å². The van der Waals surface area contributed by atoms with Gasteiger partial charge in [0.05, 0.1) is 24.5 Å². The van der Waals surface area contributed by atoms with Crippen molar-refractivity contribution >= 4 is 41.4 Å². The third-order valence-electron chi connectivity index (χ3n) is 8.94. The molecular formula is C40H57ClN4O8. The van der Waals surface area contributed by atoms with Gasteiger partial charge in [0, 0.05) is 32.3 Å². The summed E-state index contributed by atoms with van der Waals surface area (Å²) in [6.45, 7) is 12.5. The molecular weight excluding hydrogens is 700 g/mol. The topological polar surface area (TPSA) is 144 Å². The molecule has 1 aliphatic heterocycles. The summed E-state index contributed by atoms with van der Waals surface area (Å²) < 4.78 is 16.3. The first-order valence-corrected chi connectivity index (χ1v) is 18.5. The molecule has 0 bridgehead atoms. The Balaban J connectivity index is 1.93. The summed E-state index contributed by atoms with van der Waals surface area (Å²) in [4.78, 5) is 71.0. The maximum absolute atomic E-state index is 14.5.